The van der Waals surface area contributed by atoms with Gasteiger partial charge in [-0.2, -0.15) is 4.31 Å². The van der Waals surface area contributed by atoms with E-state index < -0.39 is 15.6 Å². The summed E-state index contributed by atoms with van der Waals surface area (Å²) >= 11 is 0. The Morgan fingerprint density at radius 2 is 2.05 bits per heavy atom. The minimum atomic E-state index is -3.57. The molecule has 0 bridgehead atoms. The van der Waals surface area contributed by atoms with E-state index in [1.807, 2.05) is 20.8 Å². The molecule has 0 radical (unpaired) electrons. The lowest BCUT2D eigenvalue weighted by Crippen LogP contribution is -2.44. The molecule has 0 aliphatic heterocycles. The number of nitrogens with one attached hydrogen (secondary N) is 1. The zero-order valence-corrected chi connectivity index (χ0v) is 13.5. The highest BCUT2D eigenvalue weighted by atomic mass is 32.2. The van der Waals surface area contributed by atoms with Gasteiger partial charge in [-0.25, -0.2) is 8.42 Å². The van der Waals surface area contributed by atoms with Gasteiger partial charge in [0.15, 0.2) is 0 Å². The van der Waals surface area contributed by atoms with Crippen LogP contribution in [0.1, 0.15) is 45.8 Å². The van der Waals surface area contributed by atoms with Gasteiger partial charge in [0, 0.05) is 18.6 Å². The quantitative estimate of drug-likeness (QED) is 0.839. The van der Waals surface area contributed by atoms with Crippen molar-refractivity contribution < 1.29 is 12.8 Å². The second-order valence-corrected chi connectivity index (χ2v) is 7.91. The summed E-state index contributed by atoms with van der Waals surface area (Å²) in [7, 11) is -1.97. The maximum atomic E-state index is 12.5. The monoisotopic (exact) mass is 300 g/mol. The van der Waals surface area contributed by atoms with E-state index in [2.05, 4.69) is 5.32 Å². The summed E-state index contributed by atoms with van der Waals surface area (Å²) in [6.07, 6.45) is 3.12. The molecular formula is C14H24N2O3S. The topological polar surface area (TPSA) is 62.6 Å². The average molecular weight is 300 g/mol. The van der Waals surface area contributed by atoms with E-state index in [9.17, 15) is 8.42 Å². The summed E-state index contributed by atoms with van der Waals surface area (Å²) in [5, 5.41) is 3.33. The Hall–Kier alpha value is -0.850. The van der Waals surface area contributed by atoms with E-state index in [1.165, 1.54) is 17.1 Å². The summed E-state index contributed by atoms with van der Waals surface area (Å²) in [6.45, 7) is 6.37. The van der Waals surface area contributed by atoms with E-state index in [-0.39, 0.29) is 5.09 Å². The lowest BCUT2D eigenvalue weighted by atomic mass is 10.0. The minimum absolute atomic E-state index is 0.0223. The highest BCUT2D eigenvalue weighted by molar-refractivity contribution is 7.89. The van der Waals surface area contributed by atoms with Crippen LogP contribution in [0.3, 0.4) is 0 Å². The Morgan fingerprint density at radius 3 is 2.60 bits per heavy atom. The molecule has 20 heavy (non-hydrogen) atoms. The average Bonchev–Trinajstić information content (AvgIpc) is 3.11. The standard InChI is InChI=1S/C14H24N2O3S/c1-5-14(2,3)16(4)20(17,18)13-9-8-12(19-13)10-15-11-6-7-11/h8-9,11,15H,5-7,10H2,1-4H3. The molecule has 0 spiro atoms. The number of nitrogens with zero attached hydrogens (tertiary/aromatic N) is 1. The third-order valence-electron chi connectivity index (χ3n) is 4.11. The molecule has 1 saturated carbocycles. The molecule has 0 aromatic carbocycles. The van der Waals surface area contributed by atoms with E-state index in [0.29, 0.717) is 18.3 Å². The largest absolute Gasteiger partial charge is 0.447 e. The molecule has 1 aliphatic rings. The van der Waals surface area contributed by atoms with Crippen LogP contribution >= 0.6 is 0 Å². The number of hydrogen-bond acceptors (Lipinski definition) is 4. The highest BCUT2D eigenvalue weighted by Gasteiger charge is 2.34. The van der Waals surface area contributed by atoms with Gasteiger partial charge in [-0.05, 0) is 45.2 Å². The van der Waals surface area contributed by atoms with Crippen molar-refractivity contribution >= 4 is 10.0 Å². The zero-order valence-electron chi connectivity index (χ0n) is 12.6. The fourth-order valence-electron chi connectivity index (χ4n) is 1.81. The SMILES string of the molecule is CCC(C)(C)N(C)S(=O)(=O)c1ccc(CNC2CC2)o1. The smallest absolute Gasteiger partial charge is 0.276 e. The van der Waals surface area contributed by atoms with Crippen LogP contribution in [0.25, 0.3) is 0 Å². The summed E-state index contributed by atoms with van der Waals surface area (Å²) in [6, 6.07) is 3.85. The highest BCUT2D eigenvalue weighted by Crippen LogP contribution is 2.26. The Labute approximate surface area is 121 Å². The first-order valence-corrected chi connectivity index (χ1v) is 8.52. The predicted molar refractivity (Wildman–Crippen MR) is 77.9 cm³/mol. The first-order chi connectivity index (χ1) is 9.27. The minimum Gasteiger partial charge on any atom is -0.447 e. The second-order valence-electron chi connectivity index (χ2n) is 6.01. The van der Waals surface area contributed by atoms with Crippen molar-refractivity contribution in [3.8, 4) is 0 Å². The normalized spacial score (nSPS) is 16.9. The molecule has 0 amide bonds. The van der Waals surface area contributed by atoms with Gasteiger partial charge in [-0.3, -0.25) is 0 Å². The lowest BCUT2D eigenvalue weighted by molar-refractivity contribution is 0.249. The maximum absolute atomic E-state index is 12.5. The molecule has 1 heterocycles. The molecule has 114 valence electrons. The van der Waals surface area contributed by atoms with Gasteiger partial charge in [-0.15, -0.1) is 0 Å². The van der Waals surface area contributed by atoms with E-state index >= 15 is 0 Å². The zero-order chi connectivity index (χ0) is 15.0. The molecule has 6 heteroatoms. The van der Waals surface area contributed by atoms with Crippen LogP contribution in [-0.2, 0) is 16.6 Å². The predicted octanol–water partition coefficient (Wildman–Crippen LogP) is 2.34. The van der Waals surface area contributed by atoms with Gasteiger partial charge < -0.3 is 9.73 Å². The molecule has 1 aliphatic carbocycles. The molecule has 2 rings (SSSR count). The Balaban J connectivity index is 2.12. The van der Waals surface area contributed by atoms with Crippen molar-refractivity contribution in [3.63, 3.8) is 0 Å². The number of furan rings is 1. The van der Waals surface area contributed by atoms with Crippen molar-refractivity contribution in [1.82, 2.24) is 9.62 Å². The van der Waals surface area contributed by atoms with E-state index in [0.717, 1.165) is 6.42 Å². The Morgan fingerprint density at radius 1 is 1.40 bits per heavy atom. The fraction of sp³-hybridized carbons (Fsp3) is 0.714. The fourth-order valence-corrected chi connectivity index (χ4v) is 3.31. The van der Waals surface area contributed by atoms with Crippen LogP contribution in [0.5, 0.6) is 0 Å². The molecule has 5 nitrogen and oxygen atoms in total. The molecule has 1 N–H and O–H groups in total. The van der Waals surface area contributed by atoms with Crippen LogP contribution in [0, 0.1) is 0 Å². The summed E-state index contributed by atoms with van der Waals surface area (Å²) < 4.78 is 31.9. The van der Waals surface area contributed by atoms with Crippen LogP contribution < -0.4 is 5.32 Å². The number of sulfonamides is 1. The van der Waals surface area contributed by atoms with Gasteiger partial charge >= 0.3 is 0 Å². The van der Waals surface area contributed by atoms with Crippen molar-refractivity contribution in [1.29, 1.82) is 0 Å². The molecule has 0 saturated heterocycles. The van der Waals surface area contributed by atoms with Crippen LogP contribution in [0.15, 0.2) is 21.6 Å². The van der Waals surface area contributed by atoms with E-state index in [1.54, 1.807) is 19.2 Å². The van der Waals surface area contributed by atoms with Crippen LogP contribution in [-0.4, -0.2) is 31.4 Å². The molecule has 0 atom stereocenters. The first kappa shape index (κ1) is 15.5. The molecule has 1 aromatic heterocycles. The summed E-state index contributed by atoms with van der Waals surface area (Å²) in [4.78, 5) is 0. The summed E-state index contributed by atoms with van der Waals surface area (Å²) in [5.41, 5.74) is -0.432. The molecule has 1 aromatic rings. The third kappa shape index (κ3) is 3.24. The van der Waals surface area contributed by atoms with Crippen LogP contribution in [0.4, 0.5) is 0 Å². The van der Waals surface area contributed by atoms with E-state index in [4.69, 9.17) is 4.42 Å². The third-order valence-corrected chi connectivity index (χ3v) is 6.05. The van der Waals surface area contributed by atoms with Gasteiger partial charge in [0.1, 0.15) is 5.76 Å². The molecule has 1 fully saturated rings. The van der Waals surface area contributed by atoms with Crippen LogP contribution in [0.2, 0.25) is 0 Å². The van der Waals surface area contributed by atoms with Gasteiger partial charge in [0.2, 0.25) is 5.09 Å². The lowest BCUT2D eigenvalue weighted by Gasteiger charge is -2.32. The summed E-state index contributed by atoms with van der Waals surface area (Å²) in [5.74, 6) is 0.665. The molecule has 0 unspecified atom stereocenters. The number of hydrogen-bond donors (Lipinski definition) is 1. The van der Waals surface area contributed by atoms with Crippen molar-refractivity contribution in [2.75, 3.05) is 7.05 Å². The Bertz CT molecular complexity index is 559. The maximum Gasteiger partial charge on any atom is 0.276 e. The Kier molecular flexibility index (Phi) is 4.27. The van der Waals surface area contributed by atoms with Crippen molar-refractivity contribution in [3.05, 3.63) is 17.9 Å². The van der Waals surface area contributed by atoms with Gasteiger partial charge in [0.05, 0.1) is 6.54 Å². The second kappa shape index (κ2) is 5.50. The van der Waals surface area contributed by atoms with Crippen molar-refractivity contribution in [2.24, 2.45) is 0 Å². The van der Waals surface area contributed by atoms with Gasteiger partial charge in [0.25, 0.3) is 10.0 Å². The number of rotatable bonds is 7. The van der Waals surface area contributed by atoms with Crippen molar-refractivity contribution in [2.45, 2.75) is 63.3 Å². The molecular weight excluding hydrogens is 276 g/mol. The van der Waals surface area contributed by atoms with Gasteiger partial charge in [-0.1, -0.05) is 6.92 Å². The first-order valence-electron chi connectivity index (χ1n) is 7.08.